The molecule has 2 atom stereocenters. The molecule has 0 aliphatic carbocycles. The summed E-state index contributed by atoms with van der Waals surface area (Å²) in [5, 5.41) is 10.7. The third kappa shape index (κ3) is 6.93. The first-order chi connectivity index (χ1) is 14.5. The lowest BCUT2D eigenvalue weighted by molar-refractivity contribution is -0.119. The van der Waals surface area contributed by atoms with Crippen molar-refractivity contribution in [1.29, 1.82) is 0 Å². The van der Waals surface area contributed by atoms with Crippen LogP contribution in [0, 0.1) is 5.92 Å². The number of rotatable bonds is 6. The zero-order valence-electron chi connectivity index (χ0n) is 18.7. The Hall–Kier alpha value is -2.14. The van der Waals surface area contributed by atoms with Gasteiger partial charge in [-0.15, -0.1) is 24.0 Å². The Morgan fingerprint density at radius 2 is 2.23 bits per heavy atom. The van der Waals surface area contributed by atoms with Crippen LogP contribution in [-0.2, 0) is 23.1 Å². The number of ether oxygens (including phenoxy) is 1. The summed E-state index contributed by atoms with van der Waals surface area (Å²) in [5.41, 5.74) is 2.97. The van der Waals surface area contributed by atoms with Crippen LogP contribution in [0.25, 0.3) is 0 Å². The summed E-state index contributed by atoms with van der Waals surface area (Å²) in [6, 6.07) is 7.91. The zero-order chi connectivity index (χ0) is 21.5. The van der Waals surface area contributed by atoms with Crippen molar-refractivity contribution in [3.8, 4) is 0 Å². The minimum Gasteiger partial charge on any atom is -0.370 e. The number of amides is 1. The van der Waals surface area contributed by atoms with Crippen LogP contribution in [0.4, 0.5) is 5.69 Å². The Labute approximate surface area is 201 Å². The number of nitrogens with zero attached hydrogens (tertiary/aromatic N) is 4. The van der Waals surface area contributed by atoms with Gasteiger partial charge in [0, 0.05) is 50.6 Å². The van der Waals surface area contributed by atoms with E-state index in [-0.39, 0.29) is 41.9 Å². The Morgan fingerprint density at radius 1 is 1.42 bits per heavy atom. The van der Waals surface area contributed by atoms with Crippen LogP contribution in [0.1, 0.15) is 37.5 Å². The SMILES string of the molecule is CCC(C)C(=O)Nc1cccc(CNC(=NC)N2CCOC(c3cnn(C)c3)C2)c1.I. The van der Waals surface area contributed by atoms with E-state index in [9.17, 15) is 4.79 Å². The summed E-state index contributed by atoms with van der Waals surface area (Å²) in [6.45, 7) is 6.70. The predicted octanol–water partition coefficient (Wildman–Crippen LogP) is 3.17. The van der Waals surface area contributed by atoms with Crippen LogP contribution in [-0.4, -0.2) is 53.3 Å². The van der Waals surface area contributed by atoms with E-state index in [0.29, 0.717) is 13.2 Å². The molecular weight excluding hydrogens is 507 g/mol. The molecule has 3 rings (SSSR count). The highest BCUT2D eigenvalue weighted by atomic mass is 127. The van der Waals surface area contributed by atoms with E-state index in [1.165, 1.54) is 0 Å². The third-order valence-electron chi connectivity index (χ3n) is 5.38. The van der Waals surface area contributed by atoms with Gasteiger partial charge in [-0.3, -0.25) is 14.5 Å². The smallest absolute Gasteiger partial charge is 0.227 e. The molecule has 1 aromatic heterocycles. The maximum atomic E-state index is 12.2. The number of nitrogens with one attached hydrogen (secondary N) is 2. The average Bonchev–Trinajstić information content (AvgIpc) is 3.20. The van der Waals surface area contributed by atoms with Gasteiger partial charge < -0.3 is 20.3 Å². The second kappa shape index (κ2) is 12.0. The highest BCUT2D eigenvalue weighted by Crippen LogP contribution is 2.21. The lowest BCUT2D eigenvalue weighted by Gasteiger charge is -2.34. The molecule has 1 aliphatic rings. The van der Waals surface area contributed by atoms with Gasteiger partial charge in [0.15, 0.2) is 5.96 Å². The number of hydrogen-bond donors (Lipinski definition) is 2. The fourth-order valence-corrected chi connectivity index (χ4v) is 3.37. The van der Waals surface area contributed by atoms with E-state index in [0.717, 1.165) is 42.3 Å². The molecule has 0 radical (unpaired) electrons. The number of aromatic nitrogens is 2. The minimum atomic E-state index is -0.0231. The summed E-state index contributed by atoms with van der Waals surface area (Å²) in [6.07, 6.45) is 4.64. The second-order valence-electron chi connectivity index (χ2n) is 7.65. The summed E-state index contributed by atoms with van der Waals surface area (Å²) in [4.78, 5) is 18.8. The first-order valence-corrected chi connectivity index (χ1v) is 10.5. The molecule has 9 heteroatoms. The molecule has 2 aromatic rings. The Kier molecular flexibility index (Phi) is 9.76. The molecule has 2 heterocycles. The zero-order valence-corrected chi connectivity index (χ0v) is 21.0. The molecule has 170 valence electrons. The number of guanidine groups is 1. The predicted molar refractivity (Wildman–Crippen MR) is 134 cm³/mol. The molecule has 2 N–H and O–H groups in total. The van der Waals surface area contributed by atoms with Crippen molar-refractivity contribution in [2.24, 2.45) is 18.0 Å². The van der Waals surface area contributed by atoms with E-state index >= 15 is 0 Å². The van der Waals surface area contributed by atoms with Crippen LogP contribution in [0.3, 0.4) is 0 Å². The molecule has 1 saturated heterocycles. The van der Waals surface area contributed by atoms with Crippen molar-refractivity contribution >= 4 is 41.5 Å². The van der Waals surface area contributed by atoms with Crippen molar-refractivity contribution in [2.75, 3.05) is 32.1 Å². The third-order valence-corrected chi connectivity index (χ3v) is 5.38. The normalized spacial score (nSPS) is 17.6. The number of aryl methyl sites for hydroxylation is 1. The highest BCUT2D eigenvalue weighted by Gasteiger charge is 2.25. The standard InChI is InChI=1S/C22H32N6O2.HI/c1-5-16(2)21(29)26-19-8-6-7-17(11-19)12-24-22(23-3)28-9-10-30-20(15-28)18-13-25-27(4)14-18;/h6-8,11,13-14,16,20H,5,9-10,12,15H2,1-4H3,(H,23,24)(H,26,29);1H. The quantitative estimate of drug-likeness (QED) is 0.334. The average molecular weight is 540 g/mol. The van der Waals surface area contributed by atoms with Crippen LogP contribution in [0.5, 0.6) is 0 Å². The van der Waals surface area contributed by atoms with Gasteiger partial charge in [-0.25, -0.2) is 0 Å². The molecule has 1 amide bonds. The number of hydrogen-bond acceptors (Lipinski definition) is 4. The fraction of sp³-hybridized carbons (Fsp3) is 0.500. The molecule has 1 fully saturated rings. The van der Waals surface area contributed by atoms with Gasteiger partial charge in [0.25, 0.3) is 0 Å². The number of carbonyl (C=O) groups is 1. The Bertz CT molecular complexity index is 884. The number of carbonyl (C=O) groups excluding carboxylic acids is 1. The highest BCUT2D eigenvalue weighted by molar-refractivity contribution is 14.0. The number of anilines is 1. The van der Waals surface area contributed by atoms with Gasteiger partial charge in [0.2, 0.25) is 5.91 Å². The van der Waals surface area contributed by atoms with Gasteiger partial charge >= 0.3 is 0 Å². The molecule has 8 nitrogen and oxygen atoms in total. The van der Waals surface area contributed by atoms with Crippen molar-refractivity contribution in [3.63, 3.8) is 0 Å². The molecule has 0 spiro atoms. The van der Waals surface area contributed by atoms with Crippen LogP contribution < -0.4 is 10.6 Å². The molecule has 1 aliphatic heterocycles. The van der Waals surface area contributed by atoms with Gasteiger partial charge in [-0.2, -0.15) is 5.10 Å². The molecule has 31 heavy (non-hydrogen) atoms. The van der Waals surface area contributed by atoms with Gasteiger partial charge in [-0.1, -0.05) is 26.0 Å². The van der Waals surface area contributed by atoms with Crippen LogP contribution in [0.2, 0.25) is 0 Å². The number of morpholine rings is 1. The van der Waals surface area contributed by atoms with Gasteiger partial charge in [-0.05, 0) is 24.1 Å². The maximum Gasteiger partial charge on any atom is 0.227 e. The molecule has 2 unspecified atom stereocenters. The summed E-state index contributed by atoms with van der Waals surface area (Å²) < 4.78 is 7.72. The number of aliphatic imine (C=N–C) groups is 1. The maximum absolute atomic E-state index is 12.2. The fourth-order valence-electron chi connectivity index (χ4n) is 3.37. The van der Waals surface area contributed by atoms with E-state index in [4.69, 9.17) is 4.74 Å². The summed E-state index contributed by atoms with van der Waals surface area (Å²) >= 11 is 0. The molecular formula is C22H33IN6O2. The van der Waals surface area contributed by atoms with E-state index in [2.05, 4.69) is 25.6 Å². The lowest BCUT2D eigenvalue weighted by Crippen LogP contribution is -2.47. The summed E-state index contributed by atoms with van der Waals surface area (Å²) in [5.74, 6) is 0.883. The number of halogens is 1. The molecule has 1 aromatic carbocycles. The molecule has 0 saturated carbocycles. The van der Waals surface area contributed by atoms with E-state index in [1.54, 1.807) is 11.7 Å². The first kappa shape index (κ1) is 25.1. The lowest BCUT2D eigenvalue weighted by atomic mass is 10.1. The molecule has 0 bridgehead atoms. The van der Waals surface area contributed by atoms with Crippen molar-refractivity contribution in [3.05, 3.63) is 47.8 Å². The van der Waals surface area contributed by atoms with Crippen LogP contribution in [0.15, 0.2) is 41.7 Å². The van der Waals surface area contributed by atoms with Gasteiger partial charge in [0.05, 0.1) is 19.3 Å². The Balaban J connectivity index is 0.00000341. The van der Waals surface area contributed by atoms with Crippen LogP contribution >= 0.6 is 24.0 Å². The van der Waals surface area contributed by atoms with E-state index in [1.807, 2.05) is 57.6 Å². The monoisotopic (exact) mass is 540 g/mol. The number of benzene rings is 1. The minimum absolute atomic E-state index is 0. The summed E-state index contributed by atoms with van der Waals surface area (Å²) in [7, 11) is 3.70. The van der Waals surface area contributed by atoms with Crippen molar-refractivity contribution < 1.29 is 9.53 Å². The largest absolute Gasteiger partial charge is 0.370 e. The van der Waals surface area contributed by atoms with Crippen molar-refractivity contribution in [1.82, 2.24) is 20.0 Å². The topological polar surface area (TPSA) is 83.8 Å². The Morgan fingerprint density at radius 3 is 2.90 bits per heavy atom. The van der Waals surface area contributed by atoms with Crippen molar-refractivity contribution in [2.45, 2.75) is 32.9 Å². The first-order valence-electron chi connectivity index (χ1n) is 10.5. The van der Waals surface area contributed by atoms with E-state index < -0.39 is 0 Å². The van der Waals surface area contributed by atoms with Gasteiger partial charge in [0.1, 0.15) is 6.10 Å². The second-order valence-corrected chi connectivity index (χ2v) is 7.65.